The lowest BCUT2D eigenvalue weighted by atomic mass is 10.4. The second-order valence-corrected chi connectivity index (χ2v) is 7.10. The van der Waals surface area contributed by atoms with Gasteiger partial charge in [-0.05, 0) is 13.0 Å². The predicted molar refractivity (Wildman–Crippen MR) is 71.2 cm³/mol. The highest BCUT2D eigenvalue weighted by molar-refractivity contribution is 7.89. The zero-order chi connectivity index (χ0) is 14.9. The Morgan fingerprint density at radius 2 is 2.20 bits per heavy atom. The van der Waals surface area contributed by atoms with Gasteiger partial charge in [-0.15, -0.1) is 11.3 Å². The fourth-order valence-corrected chi connectivity index (χ4v) is 3.79. The topological polar surface area (TPSA) is 101 Å². The average Bonchev–Trinajstić information content (AvgIpc) is 2.98. The van der Waals surface area contributed by atoms with Gasteiger partial charge in [0.05, 0.1) is 17.1 Å². The number of sulfonamides is 1. The standard InChI is InChI=1S/C11H12N2O5S2/c1-7-3-8(12-18-7)5-13(2)20(16,17)9-4-10(11(14)15)19-6-9/h3-4,6H,5H2,1-2H3,(H,14,15). The number of thiophene rings is 1. The van der Waals surface area contributed by atoms with Crippen LogP contribution >= 0.6 is 11.3 Å². The summed E-state index contributed by atoms with van der Waals surface area (Å²) in [6.07, 6.45) is 0. The molecule has 0 bridgehead atoms. The number of carboxylic acid groups (broad SMARTS) is 1. The minimum absolute atomic E-state index is 0.0192. The summed E-state index contributed by atoms with van der Waals surface area (Å²) >= 11 is 0.873. The van der Waals surface area contributed by atoms with Crippen LogP contribution in [0.15, 0.2) is 26.9 Å². The molecule has 0 amide bonds. The Labute approximate surface area is 119 Å². The molecule has 0 fully saturated rings. The van der Waals surface area contributed by atoms with E-state index >= 15 is 0 Å². The first-order valence-corrected chi connectivity index (χ1v) is 7.83. The van der Waals surface area contributed by atoms with Gasteiger partial charge in [0.15, 0.2) is 0 Å². The zero-order valence-corrected chi connectivity index (χ0v) is 12.4. The molecule has 0 radical (unpaired) electrons. The maximum absolute atomic E-state index is 12.3. The van der Waals surface area contributed by atoms with Crippen molar-refractivity contribution >= 4 is 27.3 Å². The minimum Gasteiger partial charge on any atom is -0.477 e. The fraction of sp³-hybridized carbons (Fsp3) is 0.273. The van der Waals surface area contributed by atoms with E-state index < -0.39 is 16.0 Å². The van der Waals surface area contributed by atoms with Gasteiger partial charge in [0.25, 0.3) is 0 Å². The van der Waals surface area contributed by atoms with Crippen molar-refractivity contribution < 1.29 is 22.8 Å². The monoisotopic (exact) mass is 316 g/mol. The van der Waals surface area contributed by atoms with Crippen LogP contribution in [0, 0.1) is 6.92 Å². The summed E-state index contributed by atoms with van der Waals surface area (Å²) in [5, 5.41) is 13.9. The van der Waals surface area contributed by atoms with Gasteiger partial charge in [-0.2, -0.15) is 4.31 Å². The second kappa shape index (κ2) is 5.35. The van der Waals surface area contributed by atoms with Crippen LogP contribution in [0.25, 0.3) is 0 Å². The van der Waals surface area contributed by atoms with E-state index in [-0.39, 0.29) is 16.3 Å². The van der Waals surface area contributed by atoms with Crippen LogP contribution < -0.4 is 0 Å². The predicted octanol–water partition coefficient (Wildman–Crippen LogP) is 1.56. The van der Waals surface area contributed by atoms with E-state index in [0.717, 1.165) is 21.7 Å². The lowest BCUT2D eigenvalue weighted by Gasteiger charge is -2.14. The molecule has 0 aliphatic rings. The van der Waals surface area contributed by atoms with E-state index in [1.807, 2.05) is 0 Å². The molecular formula is C11H12N2O5S2. The Balaban J connectivity index is 2.22. The van der Waals surface area contributed by atoms with Crippen LogP contribution in [-0.4, -0.2) is 36.0 Å². The van der Waals surface area contributed by atoms with Gasteiger partial charge in [-0.3, -0.25) is 0 Å². The molecule has 2 rings (SSSR count). The number of nitrogens with zero attached hydrogens (tertiary/aromatic N) is 2. The number of hydrogen-bond donors (Lipinski definition) is 1. The molecular weight excluding hydrogens is 304 g/mol. The van der Waals surface area contributed by atoms with Crippen LogP contribution in [0.3, 0.4) is 0 Å². The number of aromatic carboxylic acids is 1. The maximum Gasteiger partial charge on any atom is 0.345 e. The van der Waals surface area contributed by atoms with E-state index in [1.54, 1.807) is 13.0 Å². The highest BCUT2D eigenvalue weighted by Crippen LogP contribution is 2.23. The zero-order valence-electron chi connectivity index (χ0n) is 10.7. The highest BCUT2D eigenvalue weighted by Gasteiger charge is 2.24. The number of rotatable bonds is 5. The highest BCUT2D eigenvalue weighted by atomic mass is 32.2. The summed E-state index contributed by atoms with van der Waals surface area (Å²) < 4.78 is 30.5. The first-order chi connectivity index (χ1) is 9.30. The summed E-state index contributed by atoms with van der Waals surface area (Å²) in [7, 11) is -2.34. The van der Waals surface area contributed by atoms with Gasteiger partial charge < -0.3 is 9.63 Å². The van der Waals surface area contributed by atoms with Crippen LogP contribution in [0.1, 0.15) is 21.1 Å². The first-order valence-electron chi connectivity index (χ1n) is 5.51. The van der Waals surface area contributed by atoms with Gasteiger partial charge in [0.1, 0.15) is 10.6 Å². The molecule has 0 spiro atoms. The summed E-state index contributed by atoms with van der Waals surface area (Å²) in [4.78, 5) is 10.7. The van der Waals surface area contributed by atoms with E-state index in [2.05, 4.69) is 5.16 Å². The Bertz CT molecular complexity index is 732. The van der Waals surface area contributed by atoms with Crippen LogP contribution in [0.5, 0.6) is 0 Å². The van der Waals surface area contributed by atoms with Gasteiger partial charge in [0, 0.05) is 18.5 Å². The molecule has 108 valence electrons. The molecule has 0 saturated carbocycles. The van der Waals surface area contributed by atoms with Crippen LogP contribution in [0.4, 0.5) is 0 Å². The second-order valence-electron chi connectivity index (χ2n) is 4.14. The first kappa shape index (κ1) is 14.7. The van der Waals surface area contributed by atoms with Gasteiger partial charge in [-0.1, -0.05) is 5.16 Å². The molecule has 0 saturated heterocycles. The van der Waals surface area contributed by atoms with E-state index in [0.29, 0.717) is 11.5 Å². The van der Waals surface area contributed by atoms with Crippen molar-refractivity contribution in [3.05, 3.63) is 33.8 Å². The normalized spacial score (nSPS) is 11.9. The smallest absolute Gasteiger partial charge is 0.345 e. The Morgan fingerprint density at radius 1 is 1.50 bits per heavy atom. The number of carboxylic acids is 1. The number of aromatic nitrogens is 1. The largest absolute Gasteiger partial charge is 0.477 e. The van der Waals surface area contributed by atoms with E-state index in [9.17, 15) is 13.2 Å². The molecule has 0 unspecified atom stereocenters. The molecule has 1 N–H and O–H groups in total. The van der Waals surface area contributed by atoms with Crippen molar-refractivity contribution in [3.8, 4) is 0 Å². The summed E-state index contributed by atoms with van der Waals surface area (Å²) in [5.74, 6) is -0.555. The fourth-order valence-electron chi connectivity index (χ4n) is 1.55. The molecule has 2 aromatic heterocycles. The van der Waals surface area contributed by atoms with Crippen LogP contribution in [0.2, 0.25) is 0 Å². The SMILES string of the molecule is Cc1cc(CN(C)S(=O)(=O)c2csc(C(=O)O)c2)no1. The van der Waals surface area contributed by atoms with E-state index in [4.69, 9.17) is 9.63 Å². The average molecular weight is 316 g/mol. The molecule has 9 heteroatoms. The van der Waals surface area contributed by atoms with Crippen molar-refractivity contribution in [2.75, 3.05) is 7.05 Å². The summed E-state index contributed by atoms with van der Waals surface area (Å²) in [6.45, 7) is 1.76. The Morgan fingerprint density at radius 3 is 2.70 bits per heavy atom. The minimum atomic E-state index is -3.74. The molecule has 0 aromatic carbocycles. The molecule has 2 heterocycles. The van der Waals surface area contributed by atoms with E-state index in [1.165, 1.54) is 12.4 Å². The molecule has 2 aromatic rings. The lowest BCUT2D eigenvalue weighted by molar-refractivity contribution is 0.0702. The van der Waals surface area contributed by atoms with Crippen LogP contribution in [-0.2, 0) is 16.6 Å². The van der Waals surface area contributed by atoms with Crippen molar-refractivity contribution in [2.24, 2.45) is 0 Å². The molecule has 7 nitrogen and oxygen atoms in total. The Kier molecular flexibility index (Phi) is 3.93. The van der Waals surface area contributed by atoms with Crippen molar-refractivity contribution in [1.82, 2.24) is 9.46 Å². The van der Waals surface area contributed by atoms with Gasteiger partial charge >= 0.3 is 5.97 Å². The number of aryl methyl sites for hydroxylation is 1. The van der Waals surface area contributed by atoms with Crippen molar-refractivity contribution in [2.45, 2.75) is 18.4 Å². The summed E-state index contributed by atoms with van der Waals surface area (Å²) in [6, 6.07) is 2.79. The molecule has 20 heavy (non-hydrogen) atoms. The number of hydrogen-bond acceptors (Lipinski definition) is 6. The van der Waals surface area contributed by atoms with Crippen molar-refractivity contribution in [1.29, 1.82) is 0 Å². The third-order valence-electron chi connectivity index (χ3n) is 2.56. The Hall–Kier alpha value is -1.71. The number of carbonyl (C=O) groups is 1. The molecule has 0 atom stereocenters. The summed E-state index contributed by atoms with van der Waals surface area (Å²) in [5.41, 5.74) is 0.488. The van der Waals surface area contributed by atoms with Gasteiger partial charge in [0.2, 0.25) is 10.0 Å². The van der Waals surface area contributed by atoms with Crippen molar-refractivity contribution in [3.63, 3.8) is 0 Å². The molecule has 0 aliphatic heterocycles. The lowest BCUT2D eigenvalue weighted by Crippen LogP contribution is -2.26. The maximum atomic E-state index is 12.3. The quantitative estimate of drug-likeness (QED) is 0.898. The van der Waals surface area contributed by atoms with Gasteiger partial charge in [-0.25, -0.2) is 13.2 Å². The molecule has 0 aliphatic carbocycles. The third kappa shape index (κ3) is 2.89. The third-order valence-corrected chi connectivity index (χ3v) is 5.40.